The highest BCUT2D eigenvalue weighted by Crippen LogP contribution is 2.44. The predicted molar refractivity (Wildman–Crippen MR) is 112 cm³/mol. The molecule has 0 atom stereocenters. The van der Waals surface area contributed by atoms with Gasteiger partial charge in [-0.1, -0.05) is 31.7 Å². The minimum atomic E-state index is 0.0710. The largest absolute Gasteiger partial charge is 0.283 e. The smallest absolute Gasteiger partial charge is 0.263 e. The van der Waals surface area contributed by atoms with Gasteiger partial charge in [-0.05, 0) is 29.7 Å². The molecule has 0 amide bonds. The number of hydrogen-bond acceptors (Lipinski definition) is 6. The molecule has 7 heteroatoms. The molecule has 3 aromatic rings. The summed E-state index contributed by atoms with van der Waals surface area (Å²) in [5.41, 5.74) is 2.31. The van der Waals surface area contributed by atoms with E-state index in [0.717, 1.165) is 31.8 Å². The minimum absolute atomic E-state index is 0.0710. The van der Waals surface area contributed by atoms with Crippen LogP contribution >= 0.6 is 34.4 Å². The van der Waals surface area contributed by atoms with Crippen LogP contribution in [-0.4, -0.2) is 14.5 Å². The molecule has 0 aromatic carbocycles. The molecule has 0 N–H and O–H groups in total. The van der Waals surface area contributed by atoms with Crippen molar-refractivity contribution in [1.29, 1.82) is 0 Å². The Morgan fingerprint density at radius 2 is 2.15 bits per heavy atom. The number of thiophene rings is 1. The van der Waals surface area contributed by atoms with Gasteiger partial charge in [-0.25, -0.2) is 9.97 Å². The first-order chi connectivity index (χ1) is 12.6. The molecular formula is C19H21N3OS3. The van der Waals surface area contributed by atoms with Crippen molar-refractivity contribution in [3.8, 4) is 0 Å². The maximum atomic E-state index is 13.1. The Bertz CT molecular complexity index is 1010. The minimum Gasteiger partial charge on any atom is -0.283 e. The lowest BCUT2D eigenvalue weighted by atomic mass is 10.1. The van der Waals surface area contributed by atoms with Crippen LogP contribution in [0.15, 0.2) is 33.4 Å². The summed E-state index contributed by atoms with van der Waals surface area (Å²) >= 11 is 4.87. The number of nitrogens with zero attached hydrogens (tertiary/aromatic N) is 3. The van der Waals surface area contributed by atoms with Crippen molar-refractivity contribution in [1.82, 2.24) is 14.5 Å². The van der Waals surface area contributed by atoms with E-state index < -0.39 is 0 Å². The number of rotatable bonds is 7. The van der Waals surface area contributed by atoms with E-state index in [-0.39, 0.29) is 5.56 Å². The Morgan fingerprint density at radius 1 is 1.35 bits per heavy atom. The molecule has 3 aromatic heterocycles. The zero-order valence-electron chi connectivity index (χ0n) is 14.9. The summed E-state index contributed by atoms with van der Waals surface area (Å²) in [6.07, 6.45) is 4.14. The predicted octanol–water partition coefficient (Wildman–Crippen LogP) is 5.39. The average Bonchev–Trinajstić information content (AvgIpc) is 3.18. The van der Waals surface area contributed by atoms with E-state index in [1.807, 2.05) is 0 Å². The van der Waals surface area contributed by atoms with Crippen LogP contribution in [-0.2, 0) is 12.3 Å². The molecule has 4 rings (SSSR count). The lowest BCUT2D eigenvalue weighted by Crippen LogP contribution is -2.22. The SMILES string of the molecule is C=CCn1c(SCc2csc(C(C)C)n2)nc2scc(C3CC3)c2c1=O. The van der Waals surface area contributed by atoms with Crippen LogP contribution < -0.4 is 5.56 Å². The van der Waals surface area contributed by atoms with Crippen molar-refractivity contribution in [2.24, 2.45) is 0 Å². The molecule has 1 saturated carbocycles. The van der Waals surface area contributed by atoms with Gasteiger partial charge < -0.3 is 0 Å². The molecule has 0 aliphatic heterocycles. The van der Waals surface area contributed by atoms with Gasteiger partial charge in [0.15, 0.2) is 5.16 Å². The van der Waals surface area contributed by atoms with Gasteiger partial charge >= 0.3 is 0 Å². The Kier molecular flexibility index (Phi) is 5.03. The Balaban J connectivity index is 1.67. The standard InChI is InChI=1S/C19H21N3OS3/c1-4-7-22-18(23)15-14(12-5-6-12)10-25-17(15)21-19(22)26-9-13-8-24-16(20-13)11(2)3/h4,8,10-12H,1,5-7,9H2,2-3H3. The lowest BCUT2D eigenvalue weighted by Gasteiger charge is -2.10. The number of fused-ring (bicyclic) bond motifs is 1. The van der Waals surface area contributed by atoms with E-state index in [1.54, 1.807) is 45.1 Å². The van der Waals surface area contributed by atoms with Gasteiger partial charge in [-0.3, -0.25) is 9.36 Å². The van der Waals surface area contributed by atoms with Crippen LogP contribution in [0.5, 0.6) is 0 Å². The molecule has 0 spiro atoms. The van der Waals surface area contributed by atoms with E-state index in [0.29, 0.717) is 18.4 Å². The van der Waals surface area contributed by atoms with Gasteiger partial charge in [0, 0.05) is 23.6 Å². The third-order valence-electron chi connectivity index (χ3n) is 4.43. The monoisotopic (exact) mass is 403 g/mol. The van der Waals surface area contributed by atoms with E-state index in [1.165, 1.54) is 18.4 Å². The van der Waals surface area contributed by atoms with Crippen molar-refractivity contribution < 1.29 is 0 Å². The number of thioether (sulfide) groups is 1. The molecule has 4 nitrogen and oxygen atoms in total. The maximum Gasteiger partial charge on any atom is 0.263 e. The van der Waals surface area contributed by atoms with Crippen LogP contribution in [0.3, 0.4) is 0 Å². The molecule has 1 aliphatic carbocycles. The molecule has 0 radical (unpaired) electrons. The van der Waals surface area contributed by atoms with Gasteiger partial charge in [0.1, 0.15) is 4.83 Å². The summed E-state index contributed by atoms with van der Waals surface area (Å²) in [6, 6.07) is 0. The molecule has 1 fully saturated rings. The quantitative estimate of drug-likeness (QED) is 0.301. The highest BCUT2D eigenvalue weighted by atomic mass is 32.2. The second-order valence-corrected chi connectivity index (χ2v) is 9.56. The summed E-state index contributed by atoms with van der Waals surface area (Å²) in [4.78, 5) is 23.5. The van der Waals surface area contributed by atoms with Crippen LogP contribution in [0.4, 0.5) is 0 Å². The summed E-state index contributed by atoms with van der Waals surface area (Å²) in [6.45, 7) is 8.60. The fraction of sp³-hybridized carbons (Fsp3) is 0.421. The van der Waals surface area contributed by atoms with Crippen molar-refractivity contribution in [3.63, 3.8) is 0 Å². The average molecular weight is 404 g/mol. The van der Waals surface area contributed by atoms with E-state index in [2.05, 4.69) is 36.2 Å². The van der Waals surface area contributed by atoms with Gasteiger partial charge in [0.2, 0.25) is 0 Å². The van der Waals surface area contributed by atoms with E-state index >= 15 is 0 Å². The molecule has 0 saturated heterocycles. The third kappa shape index (κ3) is 3.40. The molecule has 1 aliphatic rings. The fourth-order valence-electron chi connectivity index (χ4n) is 2.91. The van der Waals surface area contributed by atoms with Crippen molar-refractivity contribution in [2.45, 2.75) is 56.0 Å². The highest BCUT2D eigenvalue weighted by Gasteiger charge is 2.28. The number of allylic oxidation sites excluding steroid dienone is 1. The van der Waals surface area contributed by atoms with E-state index in [4.69, 9.17) is 4.98 Å². The van der Waals surface area contributed by atoms with Crippen molar-refractivity contribution >= 4 is 44.7 Å². The summed E-state index contributed by atoms with van der Waals surface area (Å²) in [7, 11) is 0. The van der Waals surface area contributed by atoms with Gasteiger partial charge in [0.25, 0.3) is 5.56 Å². The lowest BCUT2D eigenvalue weighted by molar-refractivity contribution is 0.672. The van der Waals surface area contributed by atoms with Crippen LogP contribution in [0, 0.1) is 0 Å². The van der Waals surface area contributed by atoms with Crippen molar-refractivity contribution in [2.75, 3.05) is 0 Å². The van der Waals surface area contributed by atoms with Gasteiger partial charge in [0.05, 0.1) is 16.1 Å². The Morgan fingerprint density at radius 3 is 2.81 bits per heavy atom. The van der Waals surface area contributed by atoms with Crippen LogP contribution in [0.1, 0.15) is 54.8 Å². The molecular weight excluding hydrogens is 382 g/mol. The van der Waals surface area contributed by atoms with Gasteiger partial charge in [-0.15, -0.1) is 29.3 Å². The molecule has 0 bridgehead atoms. The maximum absolute atomic E-state index is 13.1. The molecule has 0 unspecified atom stereocenters. The Hall–Kier alpha value is -1.44. The number of aromatic nitrogens is 3. The Labute approximate surface area is 165 Å². The highest BCUT2D eigenvalue weighted by molar-refractivity contribution is 7.98. The third-order valence-corrected chi connectivity index (χ3v) is 7.52. The molecule has 136 valence electrons. The van der Waals surface area contributed by atoms with Gasteiger partial charge in [-0.2, -0.15) is 0 Å². The zero-order valence-corrected chi connectivity index (χ0v) is 17.3. The first kappa shape index (κ1) is 17.9. The molecule has 3 heterocycles. The van der Waals surface area contributed by atoms with Crippen molar-refractivity contribution in [3.05, 3.63) is 50.0 Å². The van der Waals surface area contributed by atoms with Crippen LogP contribution in [0.2, 0.25) is 0 Å². The number of thiazole rings is 1. The first-order valence-corrected chi connectivity index (χ1v) is 11.5. The zero-order chi connectivity index (χ0) is 18.3. The second-order valence-electron chi connectivity index (χ2n) is 6.86. The first-order valence-electron chi connectivity index (χ1n) is 8.78. The molecule has 26 heavy (non-hydrogen) atoms. The topological polar surface area (TPSA) is 47.8 Å². The normalized spacial score (nSPS) is 14.4. The summed E-state index contributed by atoms with van der Waals surface area (Å²) < 4.78 is 1.76. The second kappa shape index (κ2) is 7.29. The van der Waals surface area contributed by atoms with Crippen LogP contribution in [0.25, 0.3) is 10.2 Å². The number of hydrogen-bond donors (Lipinski definition) is 0. The fourth-order valence-corrected chi connectivity index (χ4v) is 5.82. The summed E-state index contributed by atoms with van der Waals surface area (Å²) in [5.74, 6) is 1.72. The van der Waals surface area contributed by atoms with E-state index in [9.17, 15) is 4.79 Å². The summed E-state index contributed by atoms with van der Waals surface area (Å²) in [5, 5.41) is 6.95.